The van der Waals surface area contributed by atoms with Crippen LogP contribution in [0.3, 0.4) is 0 Å². The third-order valence-electron chi connectivity index (χ3n) is 4.22. The highest BCUT2D eigenvalue weighted by molar-refractivity contribution is 5.76. The first kappa shape index (κ1) is 16.8. The number of rotatable bonds is 6. The van der Waals surface area contributed by atoms with Crippen LogP contribution in [0.25, 0.3) is 22.4 Å². The van der Waals surface area contributed by atoms with Crippen molar-refractivity contribution in [1.29, 1.82) is 0 Å². The van der Waals surface area contributed by atoms with Gasteiger partial charge in [0.05, 0.1) is 12.1 Å². The zero-order valence-electron chi connectivity index (χ0n) is 14.4. The molecular weight excluding hydrogens is 346 g/mol. The monoisotopic (exact) mass is 363 g/mol. The van der Waals surface area contributed by atoms with Crippen molar-refractivity contribution in [3.8, 4) is 11.3 Å². The smallest absolute Gasteiger partial charge is 0.408 e. The molecule has 1 amide bonds. The summed E-state index contributed by atoms with van der Waals surface area (Å²) in [5.41, 5.74) is 2.75. The Morgan fingerprint density at radius 2 is 1.85 bits per heavy atom. The average Bonchev–Trinajstić information content (AvgIpc) is 3.29. The molecule has 1 N–H and O–H groups in total. The number of para-hydroxylation sites is 2. The molecule has 0 radical (unpaired) electrons. The standard InChI is InChI=1S/C20H17N3O4/c24-19(10-11-23-16-8-4-5-9-17(16)26-20(23)25)21-13-15-12-18(27-22-15)14-6-2-1-3-7-14/h1-9,12H,10-11,13H2,(H,21,24). The minimum Gasteiger partial charge on any atom is -0.408 e. The molecular formula is C20H17N3O4. The average molecular weight is 363 g/mol. The van der Waals surface area contributed by atoms with Crippen molar-refractivity contribution < 1.29 is 13.7 Å². The molecule has 0 saturated carbocycles. The Morgan fingerprint density at radius 3 is 2.70 bits per heavy atom. The molecule has 0 aliphatic heterocycles. The Labute approximate surface area is 154 Å². The van der Waals surface area contributed by atoms with Gasteiger partial charge in [-0.3, -0.25) is 9.36 Å². The van der Waals surface area contributed by atoms with Gasteiger partial charge in [0.2, 0.25) is 5.91 Å². The van der Waals surface area contributed by atoms with Crippen LogP contribution < -0.4 is 11.1 Å². The second kappa shape index (κ2) is 7.33. The maximum atomic E-state index is 12.1. The Balaban J connectivity index is 1.34. The van der Waals surface area contributed by atoms with Crippen molar-refractivity contribution in [2.75, 3.05) is 0 Å². The van der Waals surface area contributed by atoms with Crippen LogP contribution in [-0.2, 0) is 17.9 Å². The predicted molar refractivity (Wildman–Crippen MR) is 98.9 cm³/mol. The van der Waals surface area contributed by atoms with Crippen molar-refractivity contribution in [3.05, 3.63) is 76.9 Å². The van der Waals surface area contributed by atoms with Crippen molar-refractivity contribution in [1.82, 2.24) is 15.0 Å². The lowest BCUT2D eigenvalue weighted by molar-refractivity contribution is -0.121. The number of hydrogen-bond acceptors (Lipinski definition) is 5. The van der Waals surface area contributed by atoms with Crippen molar-refractivity contribution in [2.45, 2.75) is 19.5 Å². The van der Waals surface area contributed by atoms with Crippen LogP contribution in [0.15, 0.2) is 74.4 Å². The quantitative estimate of drug-likeness (QED) is 0.569. The van der Waals surface area contributed by atoms with E-state index >= 15 is 0 Å². The Hall–Kier alpha value is -3.61. The fraction of sp³-hybridized carbons (Fsp3) is 0.150. The van der Waals surface area contributed by atoms with E-state index in [1.165, 1.54) is 4.57 Å². The van der Waals surface area contributed by atoms with E-state index in [1.807, 2.05) is 36.4 Å². The van der Waals surface area contributed by atoms with Crippen LogP contribution in [0.1, 0.15) is 12.1 Å². The summed E-state index contributed by atoms with van der Waals surface area (Å²) in [7, 11) is 0. The molecule has 136 valence electrons. The molecule has 0 saturated heterocycles. The Morgan fingerprint density at radius 1 is 1.07 bits per heavy atom. The number of fused-ring (bicyclic) bond motifs is 1. The van der Waals surface area contributed by atoms with Crippen LogP contribution in [0.4, 0.5) is 0 Å². The van der Waals surface area contributed by atoms with Crippen LogP contribution in [0.2, 0.25) is 0 Å². The van der Waals surface area contributed by atoms with Gasteiger partial charge in [-0.2, -0.15) is 0 Å². The van der Waals surface area contributed by atoms with Gasteiger partial charge in [-0.25, -0.2) is 4.79 Å². The van der Waals surface area contributed by atoms with Crippen molar-refractivity contribution in [3.63, 3.8) is 0 Å². The first-order valence-corrected chi connectivity index (χ1v) is 8.57. The maximum absolute atomic E-state index is 12.1. The molecule has 0 bridgehead atoms. The van der Waals surface area contributed by atoms with E-state index in [0.717, 1.165) is 5.56 Å². The van der Waals surface area contributed by atoms with E-state index in [4.69, 9.17) is 8.94 Å². The number of amides is 1. The van der Waals surface area contributed by atoms with Gasteiger partial charge >= 0.3 is 5.76 Å². The maximum Gasteiger partial charge on any atom is 0.419 e. The number of aryl methyl sites for hydroxylation is 1. The van der Waals surface area contributed by atoms with Gasteiger partial charge in [0.25, 0.3) is 0 Å². The second-order valence-electron chi connectivity index (χ2n) is 6.06. The number of hydrogen-bond donors (Lipinski definition) is 1. The molecule has 4 rings (SSSR count). The topological polar surface area (TPSA) is 90.3 Å². The second-order valence-corrected chi connectivity index (χ2v) is 6.06. The third-order valence-corrected chi connectivity index (χ3v) is 4.22. The molecule has 7 nitrogen and oxygen atoms in total. The van der Waals surface area contributed by atoms with E-state index < -0.39 is 5.76 Å². The zero-order chi connectivity index (χ0) is 18.6. The number of benzene rings is 2. The molecule has 2 aromatic heterocycles. The van der Waals surface area contributed by atoms with Gasteiger partial charge < -0.3 is 14.3 Å². The lowest BCUT2D eigenvalue weighted by Gasteiger charge is -2.03. The number of oxazole rings is 1. The first-order valence-electron chi connectivity index (χ1n) is 8.57. The number of carbonyl (C=O) groups is 1. The summed E-state index contributed by atoms with van der Waals surface area (Å²) in [4.78, 5) is 24.0. The highest BCUT2D eigenvalue weighted by Crippen LogP contribution is 2.19. The van der Waals surface area contributed by atoms with E-state index in [1.54, 1.807) is 24.3 Å². The highest BCUT2D eigenvalue weighted by atomic mass is 16.5. The van der Waals surface area contributed by atoms with E-state index in [-0.39, 0.29) is 25.4 Å². The minimum atomic E-state index is -0.465. The molecule has 2 heterocycles. The fourth-order valence-electron chi connectivity index (χ4n) is 2.85. The summed E-state index contributed by atoms with van der Waals surface area (Å²) < 4.78 is 11.9. The summed E-state index contributed by atoms with van der Waals surface area (Å²) >= 11 is 0. The summed E-state index contributed by atoms with van der Waals surface area (Å²) in [5, 5.41) is 6.76. The summed E-state index contributed by atoms with van der Waals surface area (Å²) in [6.45, 7) is 0.506. The number of carbonyl (C=O) groups excluding carboxylic acids is 1. The van der Waals surface area contributed by atoms with Crippen LogP contribution in [0.5, 0.6) is 0 Å². The van der Waals surface area contributed by atoms with Crippen LogP contribution in [0, 0.1) is 0 Å². The van der Waals surface area contributed by atoms with Gasteiger partial charge in [0, 0.05) is 24.6 Å². The van der Waals surface area contributed by atoms with Crippen LogP contribution >= 0.6 is 0 Å². The molecule has 4 aromatic rings. The molecule has 0 atom stereocenters. The van der Waals surface area contributed by atoms with Crippen molar-refractivity contribution >= 4 is 17.0 Å². The first-order chi connectivity index (χ1) is 13.2. The minimum absolute atomic E-state index is 0.160. The molecule has 7 heteroatoms. The largest absolute Gasteiger partial charge is 0.419 e. The molecule has 0 spiro atoms. The molecule has 0 aliphatic carbocycles. The summed E-state index contributed by atoms with van der Waals surface area (Å²) in [6.07, 6.45) is 0.160. The summed E-state index contributed by atoms with van der Waals surface area (Å²) in [5.74, 6) is 0.000662. The number of nitrogens with zero attached hydrogens (tertiary/aromatic N) is 2. The SMILES string of the molecule is O=C(CCn1c(=O)oc2ccccc21)NCc1cc(-c2ccccc2)on1. The fourth-order valence-corrected chi connectivity index (χ4v) is 2.85. The lowest BCUT2D eigenvalue weighted by Crippen LogP contribution is -2.25. The predicted octanol–water partition coefficient (Wildman–Crippen LogP) is 2.96. The highest BCUT2D eigenvalue weighted by Gasteiger charge is 2.11. The van der Waals surface area contributed by atoms with Gasteiger partial charge in [-0.1, -0.05) is 47.6 Å². The van der Waals surface area contributed by atoms with E-state index in [0.29, 0.717) is 22.6 Å². The lowest BCUT2D eigenvalue weighted by atomic mass is 10.2. The van der Waals surface area contributed by atoms with Crippen molar-refractivity contribution in [2.24, 2.45) is 0 Å². The molecule has 0 unspecified atom stereocenters. The Kier molecular flexibility index (Phi) is 4.57. The Bertz CT molecular complexity index is 1120. The molecule has 0 aliphatic rings. The zero-order valence-corrected chi connectivity index (χ0v) is 14.4. The van der Waals surface area contributed by atoms with E-state index in [9.17, 15) is 9.59 Å². The van der Waals surface area contributed by atoms with E-state index in [2.05, 4.69) is 10.5 Å². The third kappa shape index (κ3) is 3.67. The van der Waals surface area contributed by atoms with Gasteiger partial charge in [0.15, 0.2) is 11.3 Å². The van der Waals surface area contributed by atoms with Gasteiger partial charge in [-0.05, 0) is 12.1 Å². The van der Waals surface area contributed by atoms with Crippen LogP contribution in [-0.4, -0.2) is 15.6 Å². The number of nitrogens with one attached hydrogen (secondary N) is 1. The molecule has 0 fully saturated rings. The molecule has 27 heavy (non-hydrogen) atoms. The normalized spacial score (nSPS) is 11.0. The number of aromatic nitrogens is 2. The summed E-state index contributed by atoms with van der Waals surface area (Å²) in [6, 6.07) is 18.5. The van der Waals surface area contributed by atoms with Gasteiger partial charge in [0.1, 0.15) is 5.69 Å². The van der Waals surface area contributed by atoms with Gasteiger partial charge in [-0.15, -0.1) is 0 Å². The molecule has 2 aromatic carbocycles.